The number of carboxylic acids is 2. The third-order valence-electron chi connectivity index (χ3n) is 4.03. The minimum absolute atomic E-state index is 0.219. The topological polar surface area (TPSA) is 112 Å². The van der Waals surface area contributed by atoms with E-state index in [1.165, 1.54) is 0 Å². The van der Waals surface area contributed by atoms with Gasteiger partial charge in [-0.15, -0.1) is 0 Å². The van der Waals surface area contributed by atoms with E-state index in [2.05, 4.69) is 15.3 Å². The van der Waals surface area contributed by atoms with Crippen molar-refractivity contribution < 1.29 is 19.8 Å². The lowest BCUT2D eigenvalue weighted by molar-refractivity contribution is -0.142. The molecule has 0 amide bonds. The molecule has 1 saturated heterocycles. The van der Waals surface area contributed by atoms with Gasteiger partial charge in [0.2, 0.25) is 0 Å². The highest BCUT2D eigenvalue weighted by molar-refractivity contribution is 5.77. The van der Waals surface area contributed by atoms with Crippen molar-refractivity contribution in [2.24, 2.45) is 5.92 Å². The van der Waals surface area contributed by atoms with Gasteiger partial charge in [0.15, 0.2) is 0 Å². The SMILES string of the molecule is O=C(O)C[C@@H]1[C@@H](C(=O)O)NC[C@@H]1c1cnc2ccccc2n1. The van der Waals surface area contributed by atoms with Crippen LogP contribution in [0.4, 0.5) is 0 Å². The van der Waals surface area contributed by atoms with Crippen LogP contribution in [0.25, 0.3) is 11.0 Å². The molecule has 0 spiro atoms. The van der Waals surface area contributed by atoms with E-state index in [1.54, 1.807) is 6.20 Å². The molecule has 0 unspecified atom stereocenters. The fourth-order valence-corrected chi connectivity index (χ4v) is 3.00. The van der Waals surface area contributed by atoms with Gasteiger partial charge in [0, 0.05) is 24.6 Å². The molecule has 0 bridgehead atoms. The molecule has 22 heavy (non-hydrogen) atoms. The summed E-state index contributed by atoms with van der Waals surface area (Å²) in [4.78, 5) is 31.2. The second-order valence-electron chi connectivity index (χ2n) is 5.38. The van der Waals surface area contributed by atoms with Gasteiger partial charge in [0.25, 0.3) is 0 Å². The molecule has 7 heteroatoms. The molecule has 3 rings (SSSR count). The Morgan fingerprint density at radius 2 is 1.95 bits per heavy atom. The molecule has 3 atom stereocenters. The zero-order chi connectivity index (χ0) is 15.7. The maximum absolute atomic E-state index is 11.3. The summed E-state index contributed by atoms with van der Waals surface area (Å²) in [6.45, 7) is 0.377. The van der Waals surface area contributed by atoms with Gasteiger partial charge in [-0.1, -0.05) is 12.1 Å². The van der Waals surface area contributed by atoms with Gasteiger partial charge in [0.05, 0.1) is 23.1 Å². The molecular formula is C15H15N3O4. The number of aliphatic carboxylic acids is 2. The van der Waals surface area contributed by atoms with Crippen molar-refractivity contribution >= 4 is 23.0 Å². The number of para-hydroxylation sites is 2. The summed E-state index contributed by atoms with van der Waals surface area (Å²) >= 11 is 0. The normalized spacial score (nSPS) is 24.5. The Morgan fingerprint density at radius 3 is 2.64 bits per heavy atom. The van der Waals surface area contributed by atoms with Crippen LogP contribution in [0.3, 0.4) is 0 Å². The van der Waals surface area contributed by atoms with Crippen molar-refractivity contribution in [3.8, 4) is 0 Å². The number of hydrogen-bond donors (Lipinski definition) is 3. The van der Waals surface area contributed by atoms with Crippen molar-refractivity contribution in [3.05, 3.63) is 36.2 Å². The number of benzene rings is 1. The summed E-state index contributed by atoms with van der Waals surface area (Å²) in [6.07, 6.45) is 1.39. The van der Waals surface area contributed by atoms with Crippen LogP contribution in [-0.2, 0) is 9.59 Å². The number of nitrogens with one attached hydrogen (secondary N) is 1. The zero-order valence-corrected chi connectivity index (χ0v) is 11.6. The summed E-state index contributed by atoms with van der Waals surface area (Å²) in [5.41, 5.74) is 2.09. The van der Waals surface area contributed by atoms with E-state index in [0.29, 0.717) is 17.8 Å². The Morgan fingerprint density at radius 1 is 1.23 bits per heavy atom. The smallest absolute Gasteiger partial charge is 0.321 e. The first-order chi connectivity index (χ1) is 10.6. The van der Waals surface area contributed by atoms with Crippen LogP contribution >= 0.6 is 0 Å². The Kier molecular flexibility index (Phi) is 3.72. The van der Waals surface area contributed by atoms with Crippen LogP contribution in [0.15, 0.2) is 30.5 Å². The molecule has 7 nitrogen and oxygen atoms in total. The summed E-state index contributed by atoms with van der Waals surface area (Å²) in [5.74, 6) is -2.89. The number of hydrogen-bond acceptors (Lipinski definition) is 5. The number of carboxylic acid groups (broad SMARTS) is 2. The first-order valence-corrected chi connectivity index (χ1v) is 6.96. The van der Waals surface area contributed by atoms with Gasteiger partial charge >= 0.3 is 11.9 Å². The molecule has 1 aromatic carbocycles. The lowest BCUT2D eigenvalue weighted by Crippen LogP contribution is -2.36. The first kappa shape index (κ1) is 14.4. The number of nitrogens with zero attached hydrogens (tertiary/aromatic N) is 2. The van der Waals surface area contributed by atoms with Crippen LogP contribution in [0.5, 0.6) is 0 Å². The summed E-state index contributed by atoms with van der Waals surface area (Å²) < 4.78 is 0. The Hall–Kier alpha value is -2.54. The number of fused-ring (bicyclic) bond motifs is 1. The lowest BCUT2D eigenvalue weighted by atomic mass is 9.85. The number of carbonyl (C=O) groups is 2. The van der Waals surface area contributed by atoms with Gasteiger partial charge in [-0.05, 0) is 12.1 Å². The van der Waals surface area contributed by atoms with Gasteiger partial charge in [-0.2, -0.15) is 0 Å². The average Bonchev–Trinajstić information content (AvgIpc) is 2.89. The van der Waals surface area contributed by atoms with Crippen molar-refractivity contribution in [1.82, 2.24) is 15.3 Å². The van der Waals surface area contributed by atoms with Crippen LogP contribution in [0.1, 0.15) is 18.0 Å². The van der Waals surface area contributed by atoms with E-state index in [1.807, 2.05) is 24.3 Å². The van der Waals surface area contributed by atoms with Crippen LogP contribution in [0.2, 0.25) is 0 Å². The predicted molar refractivity (Wildman–Crippen MR) is 77.4 cm³/mol. The fraction of sp³-hybridized carbons (Fsp3) is 0.333. The van der Waals surface area contributed by atoms with E-state index in [4.69, 9.17) is 5.11 Å². The van der Waals surface area contributed by atoms with E-state index < -0.39 is 23.9 Å². The van der Waals surface area contributed by atoms with Gasteiger partial charge in [-0.25, -0.2) is 4.98 Å². The molecule has 1 fully saturated rings. The average molecular weight is 301 g/mol. The predicted octanol–water partition coefficient (Wildman–Crippen LogP) is 0.861. The number of aromatic nitrogens is 2. The monoisotopic (exact) mass is 301 g/mol. The van der Waals surface area contributed by atoms with Crippen LogP contribution < -0.4 is 5.32 Å². The Bertz CT molecular complexity index is 734. The maximum atomic E-state index is 11.3. The molecule has 0 aliphatic carbocycles. The Balaban J connectivity index is 1.96. The van der Waals surface area contributed by atoms with Gasteiger partial charge < -0.3 is 15.5 Å². The minimum Gasteiger partial charge on any atom is -0.481 e. The highest BCUT2D eigenvalue weighted by Crippen LogP contribution is 2.33. The summed E-state index contributed by atoms with van der Waals surface area (Å²) in [6, 6.07) is 6.50. The van der Waals surface area contributed by atoms with E-state index in [-0.39, 0.29) is 12.3 Å². The molecule has 1 aliphatic rings. The molecule has 2 aromatic rings. The van der Waals surface area contributed by atoms with Gasteiger partial charge in [0.1, 0.15) is 6.04 Å². The molecule has 114 valence electrons. The minimum atomic E-state index is -1.04. The molecular weight excluding hydrogens is 286 g/mol. The fourth-order valence-electron chi connectivity index (χ4n) is 3.00. The zero-order valence-electron chi connectivity index (χ0n) is 11.6. The molecule has 1 aromatic heterocycles. The van der Waals surface area contributed by atoms with E-state index in [9.17, 15) is 14.7 Å². The van der Waals surface area contributed by atoms with Crippen molar-refractivity contribution in [2.45, 2.75) is 18.4 Å². The Labute approximate surface area is 126 Å². The third kappa shape index (κ3) is 2.62. The van der Waals surface area contributed by atoms with E-state index >= 15 is 0 Å². The molecule has 0 radical (unpaired) electrons. The largest absolute Gasteiger partial charge is 0.481 e. The second-order valence-corrected chi connectivity index (χ2v) is 5.38. The second kappa shape index (κ2) is 5.69. The van der Waals surface area contributed by atoms with Crippen LogP contribution in [0, 0.1) is 5.92 Å². The highest BCUT2D eigenvalue weighted by atomic mass is 16.4. The van der Waals surface area contributed by atoms with Crippen molar-refractivity contribution in [2.75, 3.05) is 6.54 Å². The summed E-state index contributed by atoms with van der Waals surface area (Å²) in [5, 5.41) is 21.2. The highest BCUT2D eigenvalue weighted by Gasteiger charge is 2.42. The van der Waals surface area contributed by atoms with E-state index in [0.717, 1.165) is 5.52 Å². The lowest BCUT2D eigenvalue weighted by Gasteiger charge is -2.19. The molecule has 0 saturated carbocycles. The maximum Gasteiger partial charge on any atom is 0.321 e. The first-order valence-electron chi connectivity index (χ1n) is 6.96. The number of rotatable bonds is 4. The molecule has 2 heterocycles. The third-order valence-corrected chi connectivity index (χ3v) is 4.03. The molecule has 1 aliphatic heterocycles. The van der Waals surface area contributed by atoms with Gasteiger partial charge in [-0.3, -0.25) is 14.6 Å². The quantitative estimate of drug-likeness (QED) is 0.767. The van der Waals surface area contributed by atoms with Crippen molar-refractivity contribution in [1.29, 1.82) is 0 Å². The molecule has 3 N–H and O–H groups in total. The summed E-state index contributed by atoms with van der Waals surface area (Å²) in [7, 11) is 0. The van der Waals surface area contributed by atoms with Crippen LogP contribution in [-0.4, -0.2) is 44.7 Å². The van der Waals surface area contributed by atoms with Crippen molar-refractivity contribution in [3.63, 3.8) is 0 Å². The standard InChI is InChI=1S/C15H15N3O4/c19-13(20)5-8-9(6-17-14(8)15(21)22)12-7-16-10-3-1-2-4-11(10)18-12/h1-4,7-9,14,17H,5-6H2,(H,19,20)(H,21,22)/t8-,9-,14-/m0/s1.